The lowest BCUT2D eigenvalue weighted by atomic mass is 10.0. The van der Waals surface area contributed by atoms with E-state index in [2.05, 4.69) is 10.3 Å². The molecule has 1 amide bonds. The Hall–Kier alpha value is -2.42. The second-order valence-electron chi connectivity index (χ2n) is 5.63. The molecule has 2 rings (SSSR count). The molecule has 1 heterocycles. The molecule has 0 radical (unpaired) electrons. The van der Waals surface area contributed by atoms with Crippen LogP contribution in [0, 0.1) is 0 Å². The lowest BCUT2D eigenvalue weighted by molar-refractivity contribution is -0.138. The molecule has 2 unspecified atom stereocenters. The van der Waals surface area contributed by atoms with Gasteiger partial charge in [-0.2, -0.15) is 0 Å². The topological polar surface area (TPSA) is 149 Å². The van der Waals surface area contributed by atoms with E-state index in [9.17, 15) is 19.8 Å². The van der Waals surface area contributed by atoms with Crippen molar-refractivity contribution in [3.63, 3.8) is 0 Å². The maximum Gasteiger partial charge on any atom is 0.320 e. The number of hydrogen-bond donors (Lipinski definition) is 6. The van der Waals surface area contributed by atoms with Crippen molar-refractivity contribution >= 4 is 22.8 Å². The number of fused-ring (bicyclic) bond motifs is 1. The van der Waals surface area contributed by atoms with Crippen molar-refractivity contribution in [3.8, 4) is 0 Å². The Bertz CT molecular complexity index is 713. The number of para-hydroxylation sites is 1. The van der Waals surface area contributed by atoms with Crippen LogP contribution < -0.4 is 11.1 Å². The number of carbonyl (C=O) groups is 2. The molecule has 0 bridgehead atoms. The standard InChI is InChI=1S/C16H21N3O5/c17-11(15(21)22)5-6-14(20)19-13(16(23)24)7-9-8-18-12-4-2-1-3-10(9)12/h1-4,8,11,13,16,18,23-24H,5-7,17H2,(H,19,20)(H,21,22). The molecule has 8 nitrogen and oxygen atoms in total. The molecule has 0 aliphatic rings. The van der Waals surface area contributed by atoms with E-state index in [0.717, 1.165) is 16.5 Å². The van der Waals surface area contributed by atoms with Gasteiger partial charge < -0.3 is 31.4 Å². The molecule has 24 heavy (non-hydrogen) atoms. The highest BCUT2D eigenvalue weighted by Crippen LogP contribution is 2.19. The van der Waals surface area contributed by atoms with E-state index >= 15 is 0 Å². The molecule has 130 valence electrons. The summed E-state index contributed by atoms with van der Waals surface area (Å²) in [6.45, 7) is 0. The zero-order valence-corrected chi connectivity index (χ0v) is 13.0. The van der Waals surface area contributed by atoms with Gasteiger partial charge in [0.1, 0.15) is 6.04 Å². The summed E-state index contributed by atoms with van der Waals surface area (Å²) in [6, 6.07) is 5.52. The van der Waals surface area contributed by atoms with Crippen LogP contribution in [0.15, 0.2) is 30.5 Å². The minimum atomic E-state index is -1.74. The number of aliphatic carboxylic acids is 1. The van der Waals surface area contributed by atoms with Crippen LogP contribution in [0.5, 0.6) is 0 Å². The average Bonchev–Trinajstić information content (AvgIpc) is 2.95. The Morgan fingerprint density at radius 1 is 1.25 bits per heavy atom. The van der Waals surface area contributed by atoms with Crippen LogP contribution >= 0.6 is 0 Å². The van der Waals surface area contributed by atoms with Gasteiger partial charge in [-0.05, 0) is 24.5 Å². The lowest BCUT2D eigenvalue weighted by Gasteiger charge is -2.20. The summed E-state index contributed by atoms with van der Waals surface area (Å²) >= 11 is 0. The van der Waals surface area contributed by atoms with E-state index in [0.29, 0.717) is 0 Å². The summed E-state index contributed by atoms with van der Waals surface area (Å²) in [6.07, 6.45) is 0.105. The van der Waals surface area contributed by atoms with Crippen LogP contribution in [-0.4, -0.2) is 50.6 Å². The van der Waals surface area contributed by atoms with Gasteiger partial charge in [-0.15, -0.1) is 0 Å². The number of aliphatic hydroxyl groups excluding tert-OH is 1. The summed E-state index contributed by atoms with van der Waals surface area (Å²) in [5, 5.41) is 31.2. The maximum atomic E-state index is 11.9. The van der Waals surface area contributed by atoms with Gasteiger partial charge in [-0.3, -0.25) is 9.59 Å². The van der Waals surface area contributed by atoms with E-state index < -0.39 is 30.3 Å². The van der Waals surface area contributed by atoms with Crippen molar-refractivity contribution in [1.29, 1.82) is 0 Å². The Labute approximate surface area is 138 Å². The minimum Gasteiger partial charge on any atom is -0.480 e. The Morgan fingerprint density at radius 3 is 2.62 bits per heavy atom. The third-order valence-corrected chi connectivity index (χ3v) is 3.82. The van der Waals surface area contributed by atoms with Crippen molar-refractivity contribution in [2.24, 2.45) is 5.73 Å². The number of nitrogens with two attached hydrogens (primary N) is 1. The van der Waals surface area contributed by atoms with E-state index in [1.54, 1.807) is 6.20 Å². The van der Waals surface area contributed by atoms with Crippen LogP contribution in [0.1, 0.15) is 18.4 Å². The fraction of sp³-hybridized carbons (Fsp3) is 0.375. The summed E-state index contributed by atoms with van der Waals surface area (Å²) in [7, 11) is 0. The van der Waals surface area contributed by atoms with Gasteiger partial charge in [-0.1, -0.05) is 18.2 Å². The number of aromatic amines is 1. The summed E-state index contributed by atoms with van der Waals surface area (Å²) < 4.78 is 0. The van der Waals surface area contributed by atoms with Crippen LogP contribution in [0.3, 0.4) is 0 Å². The third kappa shape index (κ3) is 4.54. The summed E-state index contributed by atoms with van der Waals surface area (Å²) in [5.74, 6) is -1.66. The number of aliphatic hydroxyl groups is 2. The number of nitrogens with one attached hydrogen (secondary N) is 2. The van der Waals surface area contributed by atoms with Crippen LogP contribution in [0.2, 0.25) is 0 Å². The molecule has 1 aromatic heterocycles. The number of carbonyl (C=O) groups excluding carboxylic acids is 1. The van der Waals surface area contributed by atoms with Gasteiger partial charge in [0.15, 0.2) is 6.29 Å². The number of hydrogen-bond acceptors (Lipinski definition) is 5. The number of carboxylic acid groups (broad SMARTS) is 1. The molecule has 0 aliphatic carbocycles. The van der Waals surface area contributed by atoms with E-state index in [4.69, 9.17) is 10.8 Å². The average molecular weight is 335 g/mol. The first-order valence-electron chi connectivity index (χ1n) is 7.57. The number of H-pyrrole nitrogens is 1. The quantitative estimate of drug-likeness (QED) is 0.365. The van der Waals surface area contributed by atoms with Gasteiger partial charge in [-0.25, -0.2) is 0 Å². The SMILES string of the molecule is NC(CCC(=O)NC(Cc1c[nH]c2ccccc12)C(O)O)C(=O)O. The van der Waals surface area contributed by atoms with Gasteiger partial charge >= 0.3 is 5.97 Å². The number of amides is 1. The third-order valence-electron chi connectivity index (χ3n) is 3.82. The predicted molar refractivity (Wildman–Crippen MR) is 87.0 cm³/mol. The molecule has 0 aliphatic heterocycles. The van der Waals surface area contributed by atoms with Crippen molar-refractivity contribution in [2.45, 2.75) is 37.6 Å². The lowest BCUT2D eigenvalue weighted by Crippen LogP contribution is -2.45. The maximum absolute atomic E-state index is 11.9. The largest absolute Gasteiger partial charge is 0.480 e. The first-order valence-corrected chi connectivity index (χ1v) is 7.57. The first-order chi connectivity index (χ1) is 11.4. The highest BCUT2D eigenvalue weighted by molar-refractivity contribution is 5.83. The van der Waals surface area contributed by atoms with E-state index in [-0.39, 0.29) is 19.3 Å². The molecule has 0 spiro atoms. The zero-order chi connectivity index (χ0) is 17.7. The van der Waals surface area contributed by atoms with Crippen molar-refractivity contribution in [3.05, 3.63) is 36.0 Å². The fourth-order valence-corrected chi connectivity index (χ4v) is 2.46. The fourth-order valence-electron chi connectivity index (χ4n) is 2.46. The van der Waals surface area contributed by atoms with Crippen LogP contribution in [0.25, 0.3) is 10.9 Å². The van der Waals surface area contributed by atoms with Gasteiger partial charge in [0.05, 0.1) is 6.04 Å². The molecular formula is C16H21N3O5. The highest BCUT2D eigenvalue weighted by atomic mass is 16.5. The minimum absolute atomic E-state index is 0.0253. The number of rotatable bonds is 8. The first kappa shape index (κ1) is 17.9. The molecule has 0 saturated carbocycles. The summed E-state index contributed by atoms with van der Waals surface area (Å²) in [5.41, 5.74) is 7.10. The van der Waals surface area contributed by atoms with Crippen LogP contribution in [0.4, 0.5) is 0 Å². The zero-order valence-electron chi connectivity index (χ0n) is 13.0. The smallest absolute Gasteiger partial charge is 0.320 e. The monoisotopic (exact) mass is 335 g/mol. The van der Waals surface area contributed by atoms with E-state index in [1.807, 2.05) is 24.3 Å². The molecule has 7 N–H and O–H groups in total. The Kier molecular flexibility index (Phi) is 5.91. The molecule has 2 atom stereocenters. The van der Waals surface area contributed by atoms with E-state index in [1.165, 1.54) is 0 Å². The number of benzene rings is 1. The second-order valence-corrected chi connectivity index (χ2v) is 5.63. The molecule has 2 aromatic rings. The molecule has 8 heteroatoms. The Balaban J connectivity index is 1.99. The summed E-state index contributed by atoms with van der Waals surface area (Å²) in [4.78, 5) is 25.6. The molecule has 0 fully saturated rings. The molecule has 0 saturated heterocycles. The van der Waals surface area contributed by atoms with Crippen molar-refractivity contribution in [2.75, 3.05) is 0 Å². The number of aromatic nitrogens is 1. The second kappa shape index (κ2) is 7.91. The van der Waals surface area contributed by atoms with Crippen molar-refractivity contribution in [1.82, 2.24) is 10.3 Å². The normalized spacial score (nSPS) is 13.8. The van der Waals surface area contributed by atoms with Gasteiger partial charge in [0.2, 0.25) is 5.91 Å². The molecule has 1 aromatic carbocycles. The van der Waals surface area contributed by atoms with Crippen LogP contribution in [-0.2, 0) is 16.0 Å². The Morgan fingerprint density at radius 2 is 1.96 bits per heavy atom. The van der Waals surface area contributed by atoms with Gasteiger partial charge in [0, 0.05) is 23.5 Å². The highest BCUT2D eigenvalue weighted by Gasteiger charge is 2.22. The molecular weight excluding hydrogens is 314 g/mol. The predicted octanol–water partition coefficient (Wildman–Crippen LogP) is -0.302. The van der Waals surface area contributed by atoms with Gasteiger partial charge in [0.25, 0.3) is 0 Å². The van der Waals surface area contributed by atoms with Crippen molar-refractivity contribution < 1.29 is 24.9 Å². The number of carboxylic acids is 1.